The summed E-state index contributed by atoms with van der Waals surface area (Å²) in [4.78, 5) is 15.5. The summed E-state index contributed by atoms with van der Waals surface area (Å²) in [5, 5.41) is 15.3. The Morgan fingerprint density at radius 1 is 0.775 bits per heavy atom. The van der Waals surface area contributed by atoms with Crippen molar-refractivity contribution in [3.8, 4) is 0 Å². The van der Waals surface area contributed by atoms with Gasteiger partial charge in [-0.1, -0.05) is 60.7 Å². The second-order valence-corrected chi connectivity index (χ2v) is 12.3. The molecule has 0 aromatic heterocycles. The van der Waals surface area contributed by atoms with Gasteiger partial charge in [-0.3, -0.25) is 10.1 Å². The van der Waals surface area contributed by atoms with Crippen LogP contribution in [0.1, 0.15) is 29.9 Å². The first-order valence-corrected chi connectivity index (χ1v) is 15.0. The van der Waals surface area contributed by atoms with Gasteiger partial charge in [0.1, 0.15) is 5.69 Å². The van der Waals surface area contributed by atoms with Crippen LogP contribution in [0.4, 0.5) is 11.4 Å². The van der Waals surface area contributed by atoms with Crippen molar-refractivity contribution in [1.82, 2.24) is 14.1 Å². The van der Waals surface area contributed by atoms with Gasteiger partial charge in [0.05, 0.1) is 9.82 Å². The number of nitro groups is 1. The average molecular weight is 568 g/mol. The van der Waals surface area contributed by atoms with Crippen molar-refractivity contribution < 1.29 is 13.3 Å². The number of sulfonamides is 1. The van der Waals surface area contributed by atoms with Crippen LogP contribution in [-0.4, -0.2) is 88.4 Å². The molecule has 0 aliphatic heterocycles. The van der Waals surface area contributed by atoms with Crippen LogP contribution < -0.4 is 5.32 Å². The first kappa shape index (κ1) is 31.2. The van der Waals surface area contributed by atoms with Crippen LogP contribution >= 0.6 is 0 Å². The molecule has 1 N–H and O–H groups in total. The third-order valence-corrected chi connectivity index (χ3v) is 8.62. The SMILES string of the molecule is CN(C)CCCN(CCCN(C)C)S(=O)(=O)c1ccc(NCC(c2ccccc2)c2ccccc2)c([N+](=O)[O-])c1. The second kappa shape index (κ2) is 14.9. The molecule has 3 rings (SSSR count). The third-order valence-electron chi connectivity index (χ3n) is 6.73. The van der Waals surface area contributed by atoms with Crippen LogP contribution in [0.15, 0.2) is 83.8 Å². The molecule has 10 heteroatoms. The fraction of sp³-hybridized carbons (Fsp3) is 0.400. The molecule has 0 amide bonds. The number of hydrogen-bond acceptors (Lipinski definition) is 7. The molecular weight excluding hydrogens is 526 g/mol. The highest BCUT2D eigenvalue weighted by atomic mass is 32.2. The molecule has 9 nitrogen and oxygen atoms in total. The number of nitro benzene ring substituents is 1. The van der Waals surface area contributed by atoms with Crippen LogP contribution in [0.2, 0.25) is 0 Å². The van der Waals surface area contributed by atoms with Crippen LogP contribution in [0.3, 0.4) is 0 Å². The van der Waals surface area contributed by atoms with E-state index in [1.165, 1.54) is 22.5 Å². The second-order valence-electron chi connectivity index (χ2n) is 10.4. The molecule has 0 atom stereocenters. The normalized spacial score (nSPS) is 12.0. The van der Waals surface area contributed by atoms with Crippen molar-refractivity contribution in [1.29, 1.82) is 0 Å². The van der Waals surface area contributed by atoms with E-state index in [0.717, 1.165) is 24.2 Å². The summed E-state index contributed by atoms with van der Waals surface area (Å²) in [5.74, 6) is -0.0469. The van der Waals surface area contributed by atoms with Gasteiger partial charge in [-0.25, -0.2) is 8.42 Å². The fourth-order valence-electron chi connectivity index (χ4n) is 4.61. The molecule has 0 saturated heterocycles. The molecule has 0 unspecified atom stereocenters. The molecule has 0 saturated carbocycles. The highest BCUT2D eigenvalue weighted by molar-refractivity contribution is 7.89. The first-order valence-electron chi connectivity index (χ1n) is 13.5. The maximum absolute atomic E-state index is 13.7. The predicted molar refractivity (Wildman–Crippen MR) is 161 cm³/mol. The minimum absolute atomic E-state index is 0.0469. The van der Waals surface area contributed by atoms with Crippen LogP contribution in [0, 0.1) is 10.1 Å². The lowest BCUT2D eigenvalue weighted by atomic mass is 9.91. The van der Waals surface area contributed by atoms with Crippen molar-refractivity contribution >= 4 is 21.4 Å². The lowest BCUT2D eigenvalue weighted by Gasteiger charge is -2.24. The Hall–Kier alpha value is -3.31. The molecule has 0 radical (unpaired) electrons. The molecular formula is C30H41N5O4S. The summed E-state index contributed by atoms with van der Waals surface area (Å²) in [6, 6.07) is 24.1. The zero-order chi connectivity index (χ0) is 29.1. The van der Waals surface area contributed by atoms with E-state index in [-0.39, 0.29) is 22.2 Å². The Labute approximate surface area is 238 Å². The smallest absolute Gasteiger partial charge is 0.293 e. The molecule has 0 heterocycles. The van der Waals surface area contributed by atoms with Crippen LogP contribution in [0.5, 0.6) is 0 Å². The van der Waals surface area contributed by atoms with Crippen molar-refractivity contribution in [2.75, 3.05) is 66.2 Å². The number of nitrogens with zero attached hydrogens (tertiary/aromatic N) is 4. The Morgan fingerprint density at radius 2 is 1.27 bits per heavy atom. The number of anilines is 1. The van der Waals surface area contributed by atoms with E-state index < -0.39 is 14.9 Å². The summed E-state index contributed by atoms with van der Waals surface area (Å²) in [5.41, 5.74) is 2.18. The van der Waals surface area contributed by atoms with E-state index in [0.29, 0.717) is 32.5 Å². The van der Waals surface area contributed by atoms with Gasteiger partial charge in [0.25, 0.3) is 5.69 Å². The summed E-state index contributed by atoms with van der Waals surface area (Å²) < 4.78 is 28.8. The Kier molecular flexibility index (Phi) is 11.6. The minimum atomic E-state index is -3.92. The lowest BCUT2D eigenvalue weighted by Crippen LogP contribution is -2.35. The standard InChI is InChI=1S/C30H41N5O4S/c1-32(2)19-11-21-34(22-12-20-33(3)4)40(38,39)27-17-18-29(30(23-27)35(36)37)31-24-28(25-13-7-5-8-14-25)26-15-9-6-10-16-26/h5-10,13-18,23,28,31H,11-12,19-22,24H2,1-4H3. The van der Waals surface area contributed by atoms with Gasteiger partial charge in [-0.15, -0.1) is 0 Å². The zero-order valence-electron chi connectivity index (χ0n) is 23.9. The Bertz CT molecular complexity index is 1260. The number of rotatable bonds is 16. The first-order chi connectivity index (χ1) is 19.1. The predicted octanol–water partition coefficient (Wildman–Crippen LogP) is 4.73. The van der Waals surface area contributed by atoms with Gasteiger partial charge in [0.15, 0.2) is 0 Å². The lowest BCUT2D eigenvalue weighted by molar-refractivity contribution is -0.384. The van der Waals surface area contributed by atoms with Crippen molar-refractivity contribution in [3.05, 3.63) is 100 Å². The zero-order valence-corrected chi connectivity index (χ0v) is 24.7. The van der Waals surface area contributed by atoms with Crippen molar-refractivity contribution in [2.45, 2.75) is 23.7 Å². The summed E-state index contributed by atoms with van der Waals surface area (Å²) >= 11 is 0. The minimum Gasteiger partial charge on any atom is -0.379 e. The summed E-state index contributed by atoms with van der Waals surface area (Å²) in [6.07, 6.45) is 1.33. The van der Waals surface area contributed by atoms with E-state index in [4.69, 9.17) is 0 Å². The topological polar surface area (TPSA) is 99.0 Å². The van der Waals surface area contributed by atoms with Gasteiger partial charge < -0.3 is 15.1 Å². The van der Waals surface area contributed by atoms with Gasteiger partial charge in [0, 0.05) is 31.6 Å². The summed E-state index contributed by atoms with van der Waals surface area (Å²) in [7, 11) is 3.86. The number of hydrogen-bond donors (Lipinski definition) is 1. The van der Waals surface area contributed by atoms with Crippen molar-refractivity contribution in [2.24, 2.45) is 0 Å². The molecule has 216 valence electrons. The highest BCUT2D eigenvalue weighted by Crippen LogP contribution is 2.31. The van der Waals surface area contributed by atoms with Crippen molar-refractivity contribution in [3.63, 3.8) is 0 Å². The largest absolute Gasteiger partial charge is 0.379 e. The Morgan fingerprint density at radius 3 is 1.73 bits per heavy atom. The van der Waals surface area contributed by atoms with Gasteiger partial charge >= 0.3 is 0 Å². The Balaban J connectivity index is 1.87. The molecule has 3 aromatic carbocycles. The van der Waals surface area contributed by atoms with Crippen LogP contribution in [-0.2, 0) is 10.0 Å². The average Bonchev–Trinajstić information content (AvgIpc) is 2.93. The van der Waals surface area contributed by atoms with E-state index in [9.17, 15) is 18.5 Å². The maximum atomic E-state index is 13.7. The van der Waals surface area contributed by atoms with E-state index in [2.05, 4.69) is 5.32 Å². The monoisotopic (exact) mass is 567 g/mol. The quantitative estimate of drug-likeness (QED) is 0.197. The van der Waals surface area contributed by atoms with Gasteiger partial charge in [-0.05, 0) is 77.4 Å². The van der Waals surface area contributed by atoms with Gasteiger partial charge in [0.2, 0.25) is 10.0 Å². The highest BCUT2D eigenvalue weighted by Gasteiger charge is 2.28. The van der Waals surface area contributed by atoms with Gasteiger partial charge in [-0.2, -0.15) is 4.31 Å². The number of benzene rings is 3. The fourth-order valence-corrected chi connectivity index (χ4v) is 6.15. The van der Waals surface area contributed by atoms with E-state index >= 15 is 0 Å². The van der Waals surface area contributed by atoms with E-state index in [1.807, 2.05) is 98.7 Å². The number of nitrogens with one attached hydrogen (secondary N) is 1. The van der Waals surface area contributed by atoms with E-state index in [1.54, 1.807) is 0 Å². The summed E-state index contributed by atoms with van der Waals surface area (Å²) in [6.45, 7) is 2.58. The molecule has 0 aliphatic rings. The molecule has 40 heavy (non-hydrogen) atoms. The molecule has 0 fully saturated rings. The third kappa shape index (κ3) is 8.85. The maximum Gasteiger partial charge on any atom is 0.293 e. The molecule has 0 spiro atoms. The molecule has 3 aromatic rings. The van der Waals surface area contributed by atoms with Crippen LogP contribution in [0.25, 0.3) is 0 Å². The molecule has 0 bridgehead atoms. The molecule has 0 aliphatic carbocycles.